The zero-order valence-electron chi connectivity index (χ0n) is 9.89. The van der Waals surface area contributed by atoms with Crippen molar-refractivity contribution in [3.63, 3.8) is 0 Å². The standard InChI is InChI=1S/C14H13BrO2S/c1-17-12-5-6-14(15)10(7-12)9-18-13-4-2-3-11(16)8-13/h2-8,16H,9H2,1H3. The van der Waals surface area contributed by atoms with Crippen molar-refractivity contribution in [3.8, 4) is 11.5 Å². The number of benzene rings is 2. The van der Waals surface area contributed by atoms with Crippen LogP contribution in [0.2, 0.25) is 0 Å². The monoisotopic (exact) mass is 324 g/mol. The summed E-state index contributed by atoms with van der Waals surface area (Å²) in [6.07, 6.45) is 0. The van der Waals surface area contributed by atoms with Crippen LogP contribution in [0.15, 0.2) is 51.8 Å². The Morgan fingerprint density at radius 2 is 2.06 bits per heavy atom. The van der Waals surface area contributed by atoms with Gasteiger partial charge in [0.25, 0.3) is 0 Å². The van der Waals surface area contributed by atoms with Gasteiger partial charge in [0, 0.05) is 15.1 Å². The van der Waals surface area contributed by atoms with E-state index in [2.05, 4.69) is 15.9 Å². The Morgan fingerprint density at radius 3 is 2.78 bits per heavy atom. The van der Waals surface area contributed by atoms with Gasteiger partial charge >= 0.3 is 0 Å². The van der Waals surface area contributed by atoms with Crippen molar-refractivity contribution in [2.75, 3.05) is 7.11 Å². The Kier molecular flexibility index (Phi) is 4.55. The zero-order chi connectivity index (χ0) is 13.0. The quantitative estimate of drug-likeness (QED) is 0.842. The highest BCUT2D eigenvalue weighted by molar-refractivity contribution is 9.10. The molecule has 0 unspecified atom stereocenters. The topological polar surface area (TPSA) is 29.5 Å². The molecule has 0 saturated carbocycles. The van der Waals surface area contributed by atoms with Gasteiger partial charge in [-0.25, -0.2) is 0 Å². The lowest BCUT2D eigenvalue weighted by Gasteiger charge is -2.07. The summed E-state index contributed by atoms with van der Waals surface area (Å²) in [5.74, 6) is 1.97. The van der Waals surface area contributed by atoms with Crippen molar-refractivity contribution in [1.29, 1.82) is 0 Å². The number of halogens is 1. The molecular formula is C14H13BrO2S. The van der Waals surface area contributed by atoms with E-state index in [0.29, 0.717) is 5.75 Å². The minimum absolute atomic E-state index is 0.296. The minimum atomic E-state index is 0.296. The number of rotatable bonds is 4. The van der Waals surface area contributed by atoms with Crippen LogP contribution in [0.3, 0.4) is 0 Å². The Labute approximate surface area is 119 Å². The second-order valence-electron chi connectivity index (χ2n) is 3.74. The van der Waals surface area contributed by atoms with Gasteiger partial charge in [0.1, 0.15) is 11.5 Å². The van der Waals surface area contributed by atoms with E-state index in [0.717, 1.165) is 20.9 Å². The molecule has 2 aromatic rings. The summed E-state index contributed by atoms with van der Waals surface area (Å²) >= 11 is 5.20. The molecule has 0 aliphatic heterocycles. The van der Waals surface area contributed by atoms with Crippen LogP contribution in [0.5, 0.6) is 11.5 Å². The third kappa shape index (κ3) is 3.43. The molecule has 0 atom stereocenters. The largest absolute Gasteiger partial charge is 0.508 e. The van der Waals surface area contributed by atoms with Crippen molar-refractivity contribution in [2.24, 2.45) is 0 Å². The molecule has 0 amide bonds. The first-order valence-corrected chi connectivity index (χ1v) is 7.21. The lowest BCUT2D eigenvalue weighted by molar-refractivity contribution is 0.414. The summed E-state index contributed by atoms with van der Waals surface area (Å²) in [5, 5.41) is 9.40. The highest BCUT2D eigenvalue weighted by atomic mass is 79.9. The molecule has 0 aromatic heterocycles. The molecule has 0 aliphatic rings. The van der Waals surface area contributed by atoms with Gasteiger partial charge < -0.3 is 9.84 Å². The molecule has 0 bridgehead atoms. The fourth-order valence-electron chi connectivity index (χ4n) is 1.52. The van der Waals surface area contributed by atoms with Gasteiger partial charge in [-0.3, -0.25) is 0 Å². The Bertz CT molecular complexity index is 543. The van der Waals surface area contributed by atoms with E-state index < -0.39 is 0 Å². The first-order chi connectivity index (χ1) is 8.69. The molecule has 1 N–H and O–H groups in total. The summed E-state index contributed by atoms with van der Waals surface area (Å²) in [5.41, 5.74) is 1.17. The summed E-state index contributed by atoms with van der Waals surface area (Å²) in [4.78, 5) is 1.05. The maximum atomic E-state index is 9.40. The normalized spacial score (nSPS) is 10.3. The number of aromatic hydroxyl groups is 1. The van der Waals surface area contributed by atoms with Crippen LogP contribution in [0.25, 0.3) is 0 Å². The van der Waals surface area contributed by atoms with Gasteiger partial charge in [0.15, 0.2) is 0 Å². The molecule has 94 valence electrons. The average molecular weight is 325 g/mol. The van der Waals surface area contributed by atoms with Crippen molar-refractivity contribution in [1.82, 2.24) is 0 Å². The molecule has 18 heavy (non-hydrogen) atoms. The smallest absolute Gasteiger partial charge is 0.119 e. The second-order valence-corrected chi connectivity index (χ2v) is 5.65. The van der Waals surface area contributed by atoms with Gasteiger partial charge in [0.05, 0.1) is 7.11 Å². The molecule has 0 fully saturated rings. The molecule has 0 spiro atoms. The van der Waals surface area contributed by atoms with E-state index in [1.54, 1.807) is 31.0 Å². The van der Waals surface area contributed by atoms with Gasteiger partial charge in [-0.2, -0.15) is 0 Å². The molecule has 2 nitrogen and oxygen atoms in total. The summed E-state index contributed by atoms with van der Waals surface area (Å²) in [6, 6.07) is 13.2. The zero-order valence-corrected chi connectivity index (χ0v) is 12.3. The number of phenolic OH excluding ortho intramolecular Hbond substituents is 1. The SMILES string of the molecule is COc1ccc(Br)c(CSc2cccc(O)c2)c1. The van der Waals surface area contributed by atoms with Crippen LogP contribution in [-0.4, -0.2) is 12.2 Å². The third-order valence-electron chi connectivity index (χ3n) is 2.46. The number of hydrogen-bond acceptors (Lipinski definition) is 3. The van der Waals surface area contributed by atoms with Crippen molar-refractivity contribution >= 4 is 27.7 Å². The molecule has 4 heteroatoms. The Balaban J connectivity index is 2.10. The number of hydrogen-bond donors (Lipinski definition) is 1. The first-order valence-electron chi connectivity index (χ1n) is 5.43. The molecule has 0 heterocycles. The van der Waals surface area contributed by atoms with Crippen LogP contribution >= 0.6 is 27.7 Å². The van der Waals surface area contributed by atoms with E-state index >= 15 is 0 Å². The Morgan fingerprint density at radius 1 is 1.22 bits per heavy atom. The lowest BCUT2D eigenvalue weighted by atomic mass is 10.2. The summed E-state index contributed by atoms with van der Waals surface area (Å²) in [6.45, 7) is 0. The van der Waals surface area contributed by atoms with Crippen LogP contribution in [-0.2, 0) is 5.75 Å². The number of thioether (sulfide) groups is 1. The van der Waals surface area contributed by atoms with E-state index in [4.69, 9.17) is 4.74 Å². The minimum Gasteiger partial charge on any atom is -0.508 e. The fourth-order valence-corrected chi connectivity index (χ4v) is 3.04. The highest BCUT2D eigenvalue weighted by Crippen LogP contribution is 2.30. The van der Waals surface area contributed by atoms with Gasteiger partial charge in [-0.1, -0.05) is 22.0 Å². The van der Waals surface area contributed by atoms with E-state index in [-0.39, 0.29) is 0 Å². The second kappa shape index (κ2) is 6.16. The van der Waals surface area contributed by atoms with Crippen LogP contribution in [0.4, 0.5) is 0 Å². The van der Waals surface area contributed by atoms with Gasteiger partial charge in [0.2, 0.25) is 0 Å². The van der Waals surface area contributed by atoms with E-state index in [1.165, 1.54) is 5.56 Å². The molecule has 2 aromatic carbocycles. The number of phenols is 1. The predicted octanol–water partition coefficient (Wildman–Crippen LogP) is 4.46. The first kappa shape index (κ1) is 13.3. The average Bonchev–Trinajstić information content (AvgIpc) is 2.38. The molecule has 0 aliphatic carbocycles. The van der Waals surface area contributed by atoms with Crippen LogP contribution in [0, 0.1) is 0 Å². The molecule has 0 radical (unpaired) electrons. The third-order valence-corrected chi connectivity index (χ3v) is 4.28. The fraction of sp³-hybridized carbons (Fsp3) is 0.143. The van der Waals surface area contributed by atoms with Crippen molar-refractivity contribution in [3.05, 3.63) is 52.5 Å². The number of methoxy groups -OCH3 is 1. The molecule has 0 saturated heterocycles. The van der Waals surface area contributed by atoms with Crippen LogP contribution in [0.1, 0.15) is 5.56 Å². The Hall–Kier alpha value is -1.13. The van der Waals surface area contributed by atoms with Crippen molar-refractivity contribution < 1.29 is 9.84 Å². The van der Waals surface area contributed by atoms with E-state index in [9.17, 15) is 5.11 Å². The van der Waals surface area contributed by atoms with E-state index in [1.807, 2.05) is 30.3 Å². The molecule has 2 rings (SSSR count). The number of ether oxygens (including phenoxy) is 1. The maximum absolute atomic E-state index is 9.40. The maximum Gasteiger partial charge on any atom is 0.119 e. The van der Waals surface area contributed by atoms with Crippen molar-refractivity contribution in [2.45, 2.75) is 10.6 Å². The lowest BCUT2D eigenvalue weighted by Crippen LogP contribution is -1.87. The predicted molar refractivity (Wildman–Crippen MR) is 78.4 cm³/mol. The molecular weight excluding hydrogens is 312 g/mol. The van der Waals surface area contributed by atoms with Crippen LogP contribution < -0.4 is 4.74 Å². The van der Waals surface area contributed by atoms with Gasteiger partial charge in [-0.15, -0.1) is 11.8 Å². The van der Waals surface area contributed by atoms with Gasteiger partial charge in [-0.05, 0) is 42.0 Å². The highest BCUT2D eigenvalue weighted by Gasteiger charge is 2.03. The summed E-state index contributed by atoms with van der Waals surface area (Å²) < 4.78 is 6.28. The summed E-state index contributed by atoms with van der Waals surface area (Å²) in [7, 11) is 1.66.